The van der Waals surface area contributed by atoms with Crippen LogP contribution >= 0.6 is 11.6 Å². The van der Waals surface area contributed by atoms with Crippen molar-refractivity contribution in [2.24, 2.45) is 5.92 Å². The lowest BCUT2D eigenvalue weighted by Crippen LogP contribution is -2.28. The number of hydrogen-bond donors (Lipinski definition) is 2. The summed E-state index contributed by atoms with van der Waals surface area (Å²) >= 11 is 5.99. The molecule has 1 atom stereocenters. The van der Waals surface area contributed by atoms with E-state index in [0.29, 0.717) is 27.8 Å². The Kier molecular flexibility index (Phi) is 5.84. The second-order valence-corrected chi connectivity index (χ2v) is 6.91. The van der Waals surface area contributed by atoms with Crippen molar-refractivity contribution in [3.8, 4) is 5.75 Å². The number of halogens is 1. The van der Waals surface area contributed by atoms with E-state index in [-0.39, 0.29) is 30.7 Å². The standard InChI is InChI=1S/C20H20ClN3O4/c1-12(25)22-15-4-3-5-16(10-15)24-11-13(8-19(24)26)20(27)23-17-9-14(21)6-7-18(17)28-2/h3-7,9-10,13H,8,11H2,1-2H3,(H,22,25)(H,23,27)/t13-/m0/s1. The Morgan fingerprint density at radius 1 is 1.18 bits per heavy atom. The van der Waals surface area contributed by atoms with Crippen molar-refractivity contribution >= 4 is 46.4 Å². The van der Waals surface area contributed by atoms with Crippen LogP contribution in [0.2, 0.25) is 5.02 Å². The van der Waals surface area contributed by atoms with E-state index in [4.69, 9.17) is 16.3 Å². The quantitative estimate of drug-likeness (QED) is 0.804. The van der Waals surface area contributed by atoms with Crippen LogP contribution in [0.15, 0.2) is 42.5 Å². The van der Waals surface area contributed by atoms with Gasteiger partial charge in [-0.1, -0.05) is 17.7 Å². The maximum absolute atomic E-state index is 12.7. The Labute approximate surface area is 167 Å². The van der Waals surface area contributed by atoms with Gasteiger partial charge in [0.05, 0.1) is 18.7 Å². The fraction of sp³-hybridized carbons (Fsp3) is 0.250. The molecule has 146 valence electrons. The van der Waals surface area contributed by atoms with E-state index in [2.05, 4.69) is 10.6 Å². The molecule has 0 radical (unpaired) electrons. The van der Waals surface area contributed by atoms with Crippen LogP contribution in [0.4, 0.5) is 17.1 Å². The van der Waals surface area contributed by atoms with Crippen LogP contribution in [0.5, 0.6) is 5.75 Å². The van der Waals surface area contributed by atoms with Crippen molar-refractivity contribution in [3.05, 3.63) is 47.5 Å². The van der Waals surface area contributed by atoms with Gasteiger partial charge in [-0.3, -0.25) is 14.4 Å². The number of carbonyl (C=O) groups excluding carboxylic acids is 3. The molecule has 2 aromatic carbocycles. The van der Waals surface area contributed by atoms with Crippen LogP contribution in [0.1, 0.15) is 13.3 Å². The zero-order valence-corrected chi connectivity index (χ0v) is 16.2. The van der Waals surface area contributed by atoms with Crippen molar-refractivity contribution in [1.29, 1.82) is 0 Å². The van der Waals surface area contributed by atoms with Gasteiger partial charge in [0.1, 0.15) is 5.75 Å². The number of rotatable bonds is 5. The zero-order valence-electron chi connectivity index (χ0n) is 15.5. The fourth-order valence-corrected chi connectivity index (χ4v) is 3.27. The van der Waals surface area contributed by atoms with Gasteiger partial charge in [0.2, 0.25) is 17.7 Å². The third-order valence-electron chi connectivity index (χ3n) is 4.39. The summed E-state index contributed by atoms with van der Waals surface area (Å²) in [5, 5.41) is 5.94. The van der Waals surface area contributed by atoms with Gasteiger partial charge in [-0.05, 0) is 36.4 Å². The fourth-order valence-electron chi connectivity index (χ4n) is 3.10. The summed E-state index contributed by atoms with van der Waals surface area (Å²) in [7, 11) is 1.50. The topological polar surface area (TPSA) is 87.7 Å². The average molecular weight is 402 g/mol. The summed E-state index contributed by atoms with van der Waals surface area (Å²) in [6.07, 6.45) is 0.0963. The SMILES string of the molecule is COc1ccc(Cl)cc1NC(=O)[C@H]1CC(=O)N(c2cccc(NC(C)=O)c2)C1. The van der Waals surface area contributed by atoms with E-state index < -0.39 is 5.92 Å². The van der Waals surface area contributed by atoms with Gasteiger partial charge < -0.3 is 20.3 Å². The Morgan fingerprint density at radius 3 is 2.68 bits per heavy atom. The van der Waals surface area contributed by atoms with E-state index in [1.807, 2.05) is 0 Å². The Balaban J connectivity index is 1.73. The predicted molar refractivity (Wildman–Crippen MR) is 108 cm³/mol. The maximum Gasteiger partial charge on any atom is 0.229 e. The molecule has 1 aliphatic heterocycles. The lowest BCUT2D eigenvalue weighted by molar-refractivity contribution is -0.122. The first kappa shape index (κ1) is 19.7. The van der Waals surface area contributed by atoms with Crippen molar-refractivity contribution in [3.63, 3.8) is 0 Å². The van der Waals surface area contributed by atoms with Crippen LogP contribution in [-0.2, 0) is 14.4 Å². The second kappa shape index (κ2) is 8.31. The van der Waals surface area contributed by atoms with Gasteiger partial charge >= 0.3 is 0 Å². The van der Waals surface area contributed by atoms with Gasteiger partial charge in [0.15, 0.2) is 0 Å². The summed E-state index contributed by atoms with van der Waals surface area (Å²) in [4.78, 5) is 37.9. The van der Waals surface area contributed by atoms with Crippen molar-refractivity contribution < 1.29 is 19.1 Å². The number of carbonyl (C=O) groups is 3. The summed E-state index contributed by atoms with van der Waals surface area (Å²) in [5.41, 5.74) is 1.68. The van der Waals surface area contributed by atoms with E-state index in [1.54, 1.807) is 47.4 Å². The average Bonchev–Trinajstić information content (AvgIpc) is 3.03. The number of amides is 3. The first-order chi connectivity index (χ1) is 13.4. The van der Waals surface area contributed by atoms with Crippen LogP contribution < -0.4 is 20.3 Å². The van der Waals surface area contributed by atoms with Crippen LogP contribution in [0.3, 0.4) is 0 Å². The molecule has 2 aromatic rings. The first-order valence-electron chi connectivity index (χ1n) is 8.70. The highest BCUT2D eigenvalue weighted by atomic mass is 35.5. The normalized spacial score (nSPS) is 16.0. The Bertz CT molecular complexity index is 931. The number of ether oxygens (including phenoxy) is 1. The number of nitrogens with zero attached hydrogens (tertiary/aromatic N) is 1. The number of benzene rings is 2. The highest BCUT2D eigenvalue weighted by Gasteiger charge is 2.35. The molecule has 1 saturated heterocycles. The predicted octanol–water partition coefficient (Wildman–Crippen LogP) is 3.30. The van der Waals surface area contributed by atoms with Crippen molar-refractivity contribution in [2.75, 3.05) is 29.2 Å². The van der Waals surface area contributed by atoms with Gasteiger partial charge in [-0.25, -0.2) is 0 Å². The molecule has 0 spiro atoms. The second-order valence-electron chi connectivity index (χ2n) is 6.47. The third-order valence-corrected chi connectivity index (χ3v) is 4.63. The van der Waals surface area contributed by atoms with Gasteiger partial charge in [0.25, 0.3) is 0 Å². The van der Waals surface area contributed by atoms with Gasteiger partial charge in [0, 0.05) is 36.3 Å². The summed E-state index contributed by atoms with van der Waals surface area (Å²) in [5.74, 6) is -0.659. The summed E-state index contributed by atoms with van der Waals surface area (Å²) in [6.45, 7) is 1.66. The molecular weight excluding hydrogens is 382 g/mol. The van der Waals surface area contributed by atoms with Gasteiger partial charge in [-0.15, -0.1) is 0 Å². The largest absolute Gasteiger partial charge is 0.495 e. The first-order valence-corrected chi connectivity index (χ1v) is 9.07. The zero-order chi connectivity index (χ0) is 20.3. The van der Waals surface area contributed by atoms with E-state index >= 15 is 0 Å². The summed E-state index contributed by atoms with van der Waals surface area (Å²) in [6, 6.07) is 11.9. The molecule has 28 heavy (non-hydrogen) atoms. The highest BCUT2D eigenvalue weighted by molar-refractivity contribution is 6.31. The molecular formula is C20H20ClN3O4. The minimum atomic E-state index is -0.513. The van der Waals surface area contributed by atoms with Crippen molar-refractivity contribution in [1.82, 2.24) is 0 Å². The molecule has 7 nitrogen and oxygen atoms in total. The molecule has 0 aliphatic carbocycles. The lowest BCUT2D eigenvalue weighted by Gasteiger charge is -2.18. The van der Waals surface area contributed by atoms with Crippen LogP contribution in [0, 0.1) is 5.92 Å². The lowest BCUT2D eigenvalue weighted by atomic mass is 10.1. The molecule has 1 fully saturated rings. The number of hydrogen-bond acceptors (Lipinski definition) is 4. The molecule has 1 heterocycles. The van der Waals surface area contributed by atoms with Crippen molar-refractivity contribution in [2.45, 2.75) is 13.3 Å². The van der Waals surface area contributed by atoms with E-state index in [0.717, 1.165) is 0 Å². The smallest absolute Gasteiger partial charge is 0.229 e. The van der Waals surface area contributed by atoms with E-state index in [9.17, 15) is 14.4 Å². The molecule has 1 aliphatic rings. The molecule has 0 bridgehead atoms. The number of nitrogens with one attached hydrogen (secondary N) is 2. The van der Waals surface area contributed by atoms with Crippen LogP contribution in [0.25, 0.3) is 0 Å². The van der Waals surface area contributed by atoms with Gasteiger partial charge in [-0.2, -0.15) is 0 Å². The Morgan fingerprint density at radius 2 is 1.96 bits per heavy atom. The molecule has 3 amide bonds. The maximum atomic E-state index is 12.7. The Hall–Kier alpha value is -3.06. The molecule has 0 saturated carbocycles. The molecule has 8 heteroatoms. The molecule has 3 rings (SSSR count). The number of methoxy groups -OCH3 is 1. The molecule has 0 aromatic heterocycles. The molecule has 2 N–H and O–H groups in total. The highest BCUT2D eigenvalue weighted by Crippen LogP contribution is 2.31. The monoisotopic (exact) mass is 401 g/mol. The van der Waals surface area contributed by atoms with E-state index in [1.165, 1.54) is 14.0 Å². The minimum absolute atomic E-state index is 0.0963. The third kappa shape index (κ3) is 4.43. The minimum Gasteiger partial charge on any atom is -0.495 e. The molecule has 0 unspecified atom stereocenters. The van der Waals surface area contributed by atoms with Crippen LogP contribution in [-0.4, -0.2) is 31.4 Å². The summed E-state index contributed by atoms with van der Waals surface area (Å²) < 4.78 is 5.24. The number of anilines is 3.